The largest absolute Gasteiger partial charge is 0.331 e. The summed E-state index contributed by atoms with van der Waals surface area (Å²) >= 11 is 0. The van der Waals surface area contributed by atoms with Crippen LogP contribution in [-0.2, 0) is 13.6 Å². The van der Waals surface area contributed by atoms with Crippen LogP contribution in [0.25, 0.3) is 0 Å². The lowest BCUT2D eigenvalue weighted by atomic mass is 10.1. The standard InChI is InChI=1S/C13H14N2O2/c1-10-5-3-4-6-11(10)9-15-8-7-12(16)14(2)13(15)17/h3-8H,9H2,1-2H3. The Labute approximate surface area is 98.8 Å². The molecule has 0 fully saturated rings. The van der Waals surface area contributed by atoms with Crippen LogP contribution in [0.5, 0.6) is 0 Å². The molecule has 0 saturated carbocycles. The summed E-state index contributed by atoms with van der Waals surface area (Å²) < 4.78 is 2.64. The average Bonchev–Trinajstić information content (AvgIpc) is 2.32. The first-order valence-electron chi connectivity index (χ1n) is 5.40. The minimum absolute atomic E-state index is 0.281. The van der Waals surface area contributed by atoms with Gasteiger partial charge < -0.3 is 0 Å². The first-order valence-corrected chi connectivity index (χ1v) is 5.40. The van der Waals surface area contributed by atoms with Crippen LogP contribution in [0.2, 0.25) is 0 Å². The van der Waals surface area contributed by atoms with E-state index >= 15 is 0 Å². The van der Waals surface area contributed by atoms with Crippen LogP contribution in [0.3, 0.4) is 0 Å². The molecule has 0 aliphatic rings. The van der Waals surface area contributed by atoms with Gasteiger partial charge in [0, 0.05) is 19.3 Å². The zero-order chi connectivity index (χ0) is 12.4. The van der Waals surface area contributed by atoms with Gasteiger partial charge >= 0.3 is 5.69 Å². The normalized spacial score (nSPS) is 10.5. The van der Waals surface area contributed by atoms with E-state index in [-0.39, 0.29) is 11.2 Å². The van der Waals surface area contributed by atoms with Gasteiger partial charge in [-0.1, -0.05) is 24.3 Å². The van der Waals surface area contributed by atoms with E-state index < -0.39 is 0 Å². The number of hydrogen-bond donors (Lipinski definition) is 0. The highest BCUT2D eigenvalue weighted by atomic mass is 16.2. The molecule has 1 aromatic carbocycles. The molecule has 0 atom stereocenters. The molecule has 2 rings (SSSR count). The summed E-state index contributed by atoms with van der Waals surface area (Å²) in [5, 5.41) is 0. The Balaban J connectivity index is 2.45. The van der Waals surface area contributed by atoms with E-state index in [9.17, 15) is 9.59 Å². The van der Waals surface area contributed by atoms with Gasteiger partial charge in [-0.2, -0.15) is 0 Å². The zero-order valence-electron chi connectivity index (χ0n) is 9.88. The molecule has 4 nitrogen and oxygen atoms in total. The SMILES string of the molecule is Cc1ccccc1Cn1ccc(=O)n(C)c1=O. The Bertz CT molecular complexity index is 653. The summed E-state index contributed by atoms with van der Waals surface area (Å²) in [5.41, 5.74) is 1.64. The molecule has 0 saturated heterocycles. The fourth-order valence-corrected chi connectivity index (χ4v) is 1.71. The van der Waals surface area contributed by atoms with Crippen LogP contribution in [0, 0.1) is 6.92 Å². The predicted molar refractivity (Wildman–Crippen MR) is 66.2 cm³/mol. The molecule has 1 aromatic heterocycles. The number of aryl methyl sites for hydroxylation is 1. The van der Waals surface area contributed by atoms with Crippen molar-refractivity contribution in [3.8, 4) is 0 Å². The molecule has 0 amide bonds. The minimum Gasteiger partial charge on any atom is -0.296 e. The smallest absolute Gasteiger partial charge is 0.296 e. The third kappa shape index (κ3) is 2.20. The van der Waals surface area contributed by atoms with Crippen molar-refractivity contribution in [2.45, 2.75) is 13.5 Å². The Morgan fingerprint density at radius 2 is 1.82 bits per heavy atom. The van der Waals surface area contributed by atoms with Crippen LogP contribution in [0.4, 0.5) is 0 Å². The van der Waals surface area contributed by atoms with Crippen molar-refractivity contribution in [1.29, 1.82) is 0 Å². The Morgan fingerprint density at radius 1 is 1.12 bits per heavy atom. The van der Waals surface area contributed by atoms with E-state index in [4.69, 9.17) is 0 Å². The second kappa shape index (κ2) is 4.41. The van der Waals surface area contributed by atoms with E-state index in [1.165, 1.54) is 23.9 Å². The zero-order valence-corrected chi connectivity index (χ0v) is 9.88. The Kier molecular flexibility index (Phi) is 2.95. The van der Waals surface area contributed by atoms with Crippen LogP contribution in [0.1, 0.15) is 11.1 Å². The highest BCUT2D eigenvalue weighted by molar-refractivity contribution is 5.25. The number of nitrogens with zero attached hydrogens (tertiary/aromatic N) is 2. The van der Waals surface area contributed by atoms with Crippen molar-refractivity contribution < 1.29 is 0 Å². The van der Waals surface area contributed by atoms with E-state index in [0.717, 1.165) is 15.7 Å². The molecule has 0 radical (unpaired) electrons. The van der Waals surface area contributed by atoms with Gasteiger partial charge in [0.05, 0.1) is 6.54 Å². The molecule has 1 heterocycles. The quantitative estimate of drug-likeness (QED) is 0.769. The highest BCUT2D eigenvalue weighted by Crippen LogP contribution is 2.07. The van der Waals surface area contributed by atoms with E-state index in [2.05, 4.69) is 0 Å². The topological polar surface area (TPSA) is 44.0 Å². The van der Waals surface area contributed by atoms with Gasteiger partial charge in [0.15, 0.2) is 0 Å². The molecule has 88 valence electrons. The molecule has 0 bridgehead atoms. The minimum atomic E-state index is -0.291. The second-order valence-corrected chi connectivity index (χ2v) is 4.05. The molecule has 0 unspecified atom stereocenters. The van der Waals surface area contributed by atoms with Crippen LogP contribution >= 0.6 is 0 Å². The van der Waals surface area contributed by atoms with Crippen LogP contribution in [0.15, 0.2) is 46.1 Å². The number of rotatable bonds is 2. The summed E-state index contributed by atoms with van der Waals surface area (Å²) in [4.78, 5) is 23.1. The van der Waals surface area contributed by atoms with Crippen molar-refractivity contribution in [1.82, 2.24) is 9.13 Å². The van der Waals surface area contributed by atoms with Gasteiger partial charge in [-0.05, 0) is 18.1 Å². The molecule has 17 heavy (non-hydrogen) atoms. The number of aromatic nitrogens is 2. The van der Waals surface area contributed by atoms with E-state index in [1.54, 1.807) is 0 Å². The van der Waals surface area contributed by atoms with Crippen LogP contribution in [-0.4, -0.2) is 9.13 Å². The van der Waals surface area contributed by atoms with Crippen molar-refractivity contribution in [3.05, 3.63) is 68.5 Å². The summed E-state index contributed by atoms with van der Waals surface area (Å²) in [5.74, 6) is 0. The lowest BCUT2D eigenvalue weighted by Gasteiger charge is -2.09. The van der Waals surface area contributed by atoms with Gasteiger partial charge in [0.2, 0.25) is 0 Å². The van der Waals surface area contributed by atoms with Crippen molar-refractivity contribution in [3.63, 3.8) is 0 Å². The number of benzene rings is 1. The molecule has 0 aliphatic heterocycles. The molecular formula is C13H14N2O2. The highest BCUT2D eigenvalue weighted by Gasteiger charge is 2.03. The molecular weight excluding hydrogens is 216 g/mol. The van der Waals surface area contributed by atoms with Crippen molar-refractivity contribution in [2.24, 2.45) is 7.05 Å². The second-order valence-electron chi connectivity index (χ2n) is 4.05. The Hall–Kier alpha value is -2.10. The fraction of sp³-hybridized carbons (Fsp3) is 0.231. The Morgan fingerprint density at radius 3 is 2.53 bits per heavy atom. The van der Waals surface area contributed by atoms with Gasteiger partial charge in [0.25, 0.3) is 5.56 Å². The third-order valence-corrected chi connectivity index (χ3v) is 2.86. The van der Waals surface area contributed by atoms with Gasteiger partial charge in [-0.15, -0.1) is 0 Å². The number of hydrogen-bond acceptors (Lipinski definition) is 2. The van der Waals surface area contributed by atoms with Crippen molar-refractivity contribution in [2.75, 3.05) is 0 Å². The van der Waals surface area contributed by atoms with Gasteiger partial charge in [-0.25, -0.2) is 4.79 Å². The molecule has 0 spiro atoms. The van der Waals surface area contributed by atoms with Crippen LogP contribution < -0.4 is 11.2 Å². The van der Waals surface area contributed by atoms with E-state index in [0.29, 0.717) is 6.54 Å². The summed E-state index contributed by atoms with van der Waals surface area (Å²) in [6.07, 6.45) is 1.54. The molecule has 0 aliphatic carbocycles. The van der Waals surface area contributed by atoms with Crippen molar-refractivity contribution >= 4 is 0 Å². The monoisotopic (exact) mass is 230 g/mol. The summed E-state index contributed by atoms with van der Waals surface area (Å²) in [6, 6.07) is 9.28. The van der Waals surface area contributed by atoms with Gasteiger partial charge in [0.1, 0.15) is 0 Å². The summed E-state index contributed by atoms with van der Waals surface area (Å²) in [7, 11) is 1.49. The first kappa shape index (κ1) is 11.4. The van der Waals surface area contributed by atoms with E-state index in [1.807, 2.05) is 31.2 Å². The lowest BCUT2D eigenvalue weighted by Crippen LogP contribution is -2.37. The fourth-order valence-electron chi connectivity index (χ4n) is 1.71. The maximum atomic E-state index is 11.8. The average molecular weight is 230 g/mol. The molecule has 2 aromatic rings. The maximum Gasteiger partial charge on any atom is 0.331 e. The molecule has 4 heteroatoms. The first-order chi connectivity index (χ1) is 8.09. The molecule has 0 N–H and O–H groups in total. The maximum absolute atomic E-state index is 11.8. The lowest BCUT2D eigenvalue weighted by molar-refractivity contribution is 0.644. The predicted octanol–water partition coefficient (Wildman–Crippen LogP) is 0.904. The third-order valence-electron chi connectivity index (χ3n) is 2.86. The summed E-state index contributed by atoms with van der Waals surface area (Å²) in [6.45, 7) is 2.49. The van der Waals surface area contributed by atoms with Gasteiger partial charge in [-0.3, -0.25) is 13.9 Å².